The van der Waals surface area contributed by atoms with Crippen LogP contribution in [0.4, 0.5) is 28.2 Å². The SMILES string of the molecule is Cn1ncc(F)c1NC(=O)NC1(c2nccc(C(F)(F)F)n2)CCC1. The molecule has 2 aromatic heterocycles. The fourth-order valence-electron chi connectivity index (χ4n) is 2.59. The van der Waals surface area contributed by atoms with E-state index in [4.69, 9.17) is 0 Å². The Morgan fingerprint density at radius 3 is 2.60 bits per heavy atom. The molecule has 2 heterocycles. The Kier molecular flexibility index (Phi) is 4.09. The van der Waals surface area contributed by atoms with Crippen molar-refractivity contribution in [1.82, 2.24) is 25.1 Å². The van der Waals surface area contributed by atoms with E-state index < -0.39 is 29.3 Å². The maximum absolute atomic E-state index is 13.5. The van der Waals surface area contributed by atoms with Gasteiger partial charge in [-0.2, -0.15) is 18.3 Å². The number of nitrogens with one attached hydrogen (secondary N) is 2. The number of carbonyl (C=O) groups is 1. The molecule has 2 N–H and O–H groups in total. The number of hydrogen-bond donors (Lipinski definition) is 2. The third kappa shape index (κ3) is 3.26. The van der Waals surface area contributed by atoms with Crippen molar-refractivity contribution >= 4 is 11.8 Å². The molecular weight excluding hydrogens is 344 g/mol. The van der Waals surface area contributed by atoms with Gasteiger partial charge in [0, 0.05) is 13.2 Å². The van der Waals surface area contributed by atoms with Crippen molar-refractivity contribution in [2.75, 3.05) is 5.32 Å². The second-order valence-corrected chi connectivity index (χ2v) is 5.74. The highest BCUT2D eigenvalue weighted by molar-refractivity contribution is 5.89. The van der Waals surface area contributed by atoms with E-state index >= 15 is 0 Å². The number of rotatable bonds is 3. The summed E-state index contributed by atoms with van der Waals surface area (Å²) in [6.45, 7) is 0. The van der Waals surface area contributed by atoms with E-state index in [9.17, 15) is 22.4 Å². The molecule has 2 amide bonds. The third-order valence-corrected chi connectivity index (χ3v) is 4.06. The number of amides is 2. The molecule has 1 saturated carbocycles. The van der Waals surface area contributed by atoms with Crippen LogP contribution < -0.4 is 10.6 Å². The molecule has 0 atom stereocenters. The number of alkyl halides is 3. The highest BCUT2D eigenvalue weighted by Crippen LogP contribution is 2.40. The average molecular weight is 358 g/mol. The number of hydrogen-bond acceptors (Lipinski definition) is 4. The van der Waals surface area contributed by atoms with Crippen LogP contribution in [0, 0.1) is 5.82 Å². The zero-order valence-electron chi connectivity index (χ0n) is 13.1. The van der Waals surface area contributed by atoms with Crippen molar-refractivity contribution < 1.29 is 22.4 Å². The molecule has 1 aliphatic carbocycles. The minimum atomic E-state index is -4.61. The number of aromatic nitrogens is 4. The summed E-state index contributed by atoms with van der Waals surface area (Å²) in [5.41, 5.74) is -2.19. The second-order valence-electron chi connectivity index (χ2n) is 5.74. The predicted octanol–water partition coefficient (Wildman–Crippen LogP) is 2.57. The van der Waals surface area contributed by atoms with Gasteiger partial charge in [-0.1, -0.05) is 0 Å². The van der Waals surface area contributed by atoms with Crippen LogP contribution >= 0.6 is 0 Å². The van der Waals surface area contributed by atoms with Crippen molar-refractivity contribution in [1.29, 1.82) is 0 Å². The van der Waals surface area contributed by atoms with Gasteiger partial charge in [-0.05, 0) is 25.3 Å². The van der Waals surface area contributed by atoms with E-state index in [1.807, 2.05) is 0 Å². The van der Waals surface area contributed by atoms with Crippen LogP contribution in [0.25, 0.3) is 0 Å². The number of urea groups is 1. The Bertz CT molecular complexity index is 779. The summed E-state index contributed by atoms with van der Waals surface area (Å²) in [5.74, 6) is -0.998. The largest absolute Gasteiger partial charge is 0.433 e. The van der Waals surface area contributed by atoms with Crippen molar-refractivity contribution in [3.05, 3.63) is 35.8 Å². The molecule has 7 nitrogen and oxygen atoms in total. The van der Waals surface area contributed by atoms with Crippen LogP contribution in [0.5, 0.6) is 0 Å². The minimum absolute atomic E-state index is 0.116. The minimum Gasteiger partial charge on any atom is -0.325 e. The summed E-state index contributed by atoms with van der Waals surface area (Å²) in [7, 11) is 1.44. The van der Waals surface area contributed by atoms with Gasteiger partial charge in [-0.3, -0.25) is 5.32 Å². The summed E-state index contributed by atoms with van der Waals surface area (Å²) < 4.78 is 53.2. The van der Waals surface area contributed by atoms with Crippen LogP contribution in [-0.4, -0.2) is 25.8 Å². The lowest BCUT2D eigenvalue weighted by atomic mass is 9.76. The van der Waals surface area contributed by atoms with Crippen molar-refractivity contribution in [2.24, 2.45) is 7.05 Å². The third-order valence-electron chi connectivity index (χ3n) is 4.06. The van der Waals surface area contributed by atoms with Gasteiger partial charge >= 0.3 is 12.2 Å². The topological polar surface area (TPSA) is 84.7 Å². The summed E-state index contributed by atoms with van der Waals surface area (Å²) in [4.78, 5) is 19.6. The van der Waals surface area contributed by atoms with Crippen LogP contribution in [0.15, 0.2) is 18.5 Å². The van der Waals surface area contributed by atoms with E-state index in [2.05, 4.69) is 25.7 Å². The molecule has 2 aromatic rings. The Balaban J connectivity index is 1.81. The maximum Gasteiger partial charge on any atom is 0.433 e. The Morgan fingerprint density at radius 1 is 1.36 bits per heavy atom. The summed E-state index contributed by atoms with van der Waals surface area (Å²) >= 11 is 0. The molecule has 25 heavy (non-hydrogen) atoms. The van der Waals surface area contributed by atoms with Gasteiger partial charge in [-0.15, -0.1) is 0 Å². The highest BCUT2D eigenvalue weighted by atomic mass is 19.4. The van der Waals surface area contributed by atoms with Crippen LogP contribution in [0.1, 0.15) is 30.8 Å². The lowest BCUT2D eigenvalue weighted by Gasteiger charge is -2.40. The van der Waals surface area contributed by atoms with Crippen LogP contribution in [0.3, 0.4) is 0 Å². The maximum atomic E-state index is 13.5. The first-order chi connectivity index (χ1) is 11.7. The number of nitrogens with zero attached hydrogens (tertiary/aromatic N) is 4. The first-order valence-electron chi connectivity index (χ1n) is 7.39. The van der Waals surface area contributed by atoms with Gasteiger partial charge in [0.1, 0.15) is 11.2 Å². The molecule has 134 valence electrons. The number of anilines is 1. The van der Waals surface area contributed by atoms with Gasteiger partial charge in [0.05, 0.1) is 6.20 Å². The van der Waals surface area contributed by atoms with Gasteiger partial charge in [-0.25, -0.2) is 23.8 Å². The molecule has 0 saturated heterocycles. The lowest BCUT2D eigenvalue weighted by Crippen LogP contribution is -2.53. The summed E-state index contributed by atoms with van der Waals surface area (Å²) in [5, 5.41) is 8.51. The molecular formula is C14H14F4N6O. The fraction of sp³-hybridized carbons (Fsp3) is 0.429. The number of aryl methyl sites for hydroxylation is 1. The molecule has 0 unspecified atom stereocenters. The van der Waals surface area contributed by atoms with Gasteiger partial charge in [0.15, 0.2) is 17.5 Å². The first kappa shape index (κ1) is 17.1. The van der Waals surface area contributed by atoms with E-state index in [1.54, 1.807) is 0 Å². The lowest BCUT2D eigenvalue weighted by molar-refractivity contribution is -0.141. The molecule has 0 bridgehead atoms. The Labute approximate surface area is 139 Å². The van der Waals surface area contributed by atoms with Gasteiger partial charge in [0.25, 0.3) is 0 Å². The molecule has 1 fully saturated rings. The van der Waals surface area contributed by atoms with Crippen molar-refractivity contribution in [2.45, 2.75) is 31.0 Å². The molecule has 0 aliphatic heterocycles. The van der Waals surface area contributed by atoms with Crippen LogP contribution in [-0.2, 0) is 18.8 Å². The Hall–Kier alpha value is -2.72. The predicted molar refractivity (Wildman–Crippen MR) is 77.9 cm³/mol. The second kappa shape index (κ2) is 5.97. The number of halogens is 4. The highest BCUT2D eigenvalue weighted by Gasteiger charge is 2.44. The zero-order valence-corrected chi connectivity index (χ0v) is 13.1. The van der Waals surface area contributed by atoms with Gasteiger partial charge in [0.2, 0.25) is 0 Å². The normalized spacial score (nSPS) is 16.2. The van der Waals surface area contributed by atoms with Crippen LogP contribution in [0.2, 0.25) is 0 Å². The van der Waals surface area contributed by atoms with E-state index in [1.165, 1.54) is 7.05 Å². The van der Waals surface area contributed by atoms with Gasteiger partial charge < -0.3 is 5.32 Å². The van der Waals surface area contributed by atoms with E-state index in [-0.39, 0.29) is 11.6 Å². The van der Waals surface area contributed by atoms with E-state index in [0.29, 0.717) is 19.3 Å². The monoisotopic (exact) mass is 358 g/mol. The quantitative estimate of drug-likeness (QED) is 0.826. The standard InChI is InChI=1S/C14H14F4N6O/c1-24-10(8(15)7-20-24)22-12(25)23-13(4-2-5-13)11-19-6-3-9(21-11)14(16,17)18/h3,6-7H,2,4-5H2,1H3,(H2,22,23,25). The Morgan fingerprint density at radius 2 is 2.08 bits per heavy atom. The number of carbonyl (C=O) groups excluding carboxylic acids is 1. The molecule has 0 spiro atoms. The fourth-order valence-corrected chi connectivity index (χ4v) is 2.59. The smallest absolute Gasteiger partial charge is 0.325 e. The van der Waals surface area contributed by atoms with E-state index in [0.717, 1.165) is 23.1 Å². The van der Waals surface area contributed by atoms with Crippen molar-refractivity contribution in [3.8, 4) is 0 Å². The molecule has 1 aliphatic rings. The average Bonchev–Trinajstić information content (AvgIpc) is 2.82. The van der Waals surface area contributed by atoms with Crippen molar-refractivity contribution in [3.63, 3.8) is 0 Å². The first-order valence-corrected chi connectivity index (χ1v) is 7.39. The zero-order chi connectivity index (χ0) is 18.2. The molecule has 3 rings (SSSR count). The molecule has 0 radical (unpaired) electrons. The molecule has 11 heteroatoms. The summed E-state index contributed by atoms with van der Waals surface area (Å²) in [6.07, 6.45) is -1.20. The summed E-state index contributed by atoms with van der Waals surface area (Å²) in [6, 6.07) is -0.00997. The molecule has 0 aromatic carbocycles.